The molecule has 1 fully saturated rings. The van der Waals surface area contributed by atoms with Crippen LogP contribution in [0.15, 0.2) is 64.4 Å². The third kappa shape index (κ3) is 7.91. The lowest BCUT2D eigenvalue weighted by molar-refractivity contribution is -0.127. The lowest BCUT2D eigenvalue weighted by atomic mass is 10.2. The van der Waals surface area contributed by atoms with Gasteiger partial charge in [0.05, 0.1) is 11.3 Å². The van der Waals surface area contributed by atoms with Crippen molar-refractivity contribution in [3.05, 3.63) is 60.2 Å². The van der Waals surface area contributed by atoms with Crippen LogP contribution in [0.5, 0.6) is 0 Å². The lowest BCUT2D eigenvalue weighted by Gasteiger charge is -2.15. The van der Waals surface area contributed by atoms with Crippen LogP contribution in [0.1, 0.15) is 29.6 Å². The predicted octanol–water partition coefficient (Wildman–Crippen LogP) is 3.86. The predicted molar refractivity (Wildman–Crippen MR) is 128 cm³/mol. The second-order valence-electron chi connectivity index (χ2n) is 7.31. The molecule has 0 aromatic heterocycles. The normalized spacial score (nSPS) is 13.1. The van der Waals surface area contributed by atoms with Gasteiger partial charge in [0, 0.05) is 29.4 Å². The van der Waals surface area contributed by atoms with Gasteiger partial charge in [-0.3, -0.25) is 9.59 Å². The Morgan fingerprint density at radius 3 is 2.44 bits per heavy atom. The van der Waals surface area contributed by atoms with Crippen molar-refractivity contribution in [2.75, 3.05) is 37.7 Å². The number of nitrogens with zero attached hydrogens (tertiary/aromatic N) is 1. The zero-order chi connectivity index (χ0) is 22.6. The topological polar surface area (TPSA) is 75.7 Å². The van der Waals surface area contributed by atoms with Gasteiger partial charge in [0.15, 0.2) is 6.61 Å². The summed E-state index contributed by atoms with van der Waals surface area (Å²) in [5.41, 5.74) is 0.374. The average molecular weight is 473 g/mol. The molecule has 0 unspecified atom stereocenters. The van der Waals surface area contributed by atoms with Gasteiger partial charge in [-0.15, -0.1) is 23.5 Å². The number of hydrogen-bond donors (Lipinski definition) is 1. The SMILES string of the molecule is O=C(COC(=O)c1ccccc1SCC(=O)N1CCCC1)NCCCSc1ccccc1. The number of carbonyl (C=O) groups is 3. The first-order valence-corrected chi connectivity index (χ1v) is 12.7. The van der Waals surface area contributed by atoms with E-state index in [1.807, 2.05) is 29.2 Å². The van der Waals surface area contributed by atoms with Crippen LogP contribution in [-0.2, 0) is 14.3 Å². The summed E-state index contributed by atoms with van der Waals surface area (Å²) in [7, 11) is 0. The molecule has 1 saturated heterocycles. The van der Waals surface area contributed by atoms with Crippen molar-refractivity contribution in [1.29, 1.82) is 0 Å². The number of hydrogen-bond acceptors (Lipinski definition) is 6. The Balaban J connectivity index is 1.36. The molecule has 0 spiro atoms. The van der Waals surface area contributed by atoms with Crippen molar-refractivity contribution < 1.29 is 19.1 Å². The Hall–Kier alpha value is -2.45. The third-order valence-electron chi connectivity index (χ3n) is 4.91. The highest BCUT2D eigenvalue weighted by Crippen LogP contribution is 2.24. The second kappa shape index (κ2) is 13.2. The van der Waals surface area contributed by atoms with Crippen molar-refractivity contribution in [3.63, 3.8) is 0 Å². The van der Waals surface area contributed by atoms with Gasteiger partial charge in [0.25, 0.3) is 5.91 Å². The highest BCUT2D eigenvalue weighted by atomic mass is 32.2. The molecule has 0 radical (unpaired) electrons. The van der Waals surface area contributed by atoms with Crippen LogP contribution in [0.25, 0.3) is 0 Å². The van der Waals surface area contributed by atoms with Crippen LogP contribution in [0.3, 0.4) is 0 Å². The van der Waals surface area contributed by atoms with Crippen LogP contribution in [-0.4, -0.2) is 60.4 Å². The maximum atomic E-state index is 12.5. The van der Waals surface area contributed by atoms with E-state index in [9.17, 15) is 14.4 Å². The summed E-state index contributed by atoms with van der Waals surface area (Å²) in [6.07, 6.45) is 2.92. The summed E-state index contributed by atoms with van der Waals surface area (Å²) in [6, 6.07) is 17.1. The molecule has 2 aromatic rings. The van der Waals surface area contributed by atoms with E-state index < -0.39 is 5.97 Å². The molecule has 0 atom stereocenters. The van der Waals surface area contributed by atoms with Gasteiger partial charge >= 0.3 is 5.97 Å². The molecule has 0 bridgehead atoms. The number of ether oxygens (including phenoxy) is 1. The van der Waals surface area contributed by atoms with Gasteiger partial charge in [-0.25, -0.2) is 4.79 Å². The summed E-state index contributed by atoms with van der Waals surface area (Å²) in [5.74, 6) is 0.380. The molecule has 1 aliphatic rings. The summed E-state index contributed by atoms with van der Waals surface area (Å²) in [4.78, 5) is 40.5. The number of likely N-dealkylation sites (tertiary alicyclic amines) is 1. The van der Waals surface area contributed by atoms with Crippen LogP contribution in [0, 0.1) is 0 Å². The first-order chi connectivity index (χ1) is 15.6. The molecular formula is C24H28N2O4S2. The van der Waals surface area contributed by atoms with Gasteiger partial charge < -0.3 is 15.0 Å². The zero-order valence-electron chi connectivity index (χ0n) is 18.0. The third-order valence-corrected chi connectivity index (χ3v) is 7.06. The highest BCUT2D eigenvalue weighted by Gasteiger charge is 2.20. The molecule has 2 aromatic carbocycles. The molecule has 1 heterocycles. The number of esters is 1. The minimum atomic E-state index is -0.559. The fourth-order valence-electron chi connectivity index (χ4n) is 3.23. The fourth-order valence-corrected chi connectivity index (χ4v) is 5.04. The Labute approximate surface area is 197 Å². The van der Waals surface area contributed by atoms with Crippen molar-refractivity contribution in [2.45, 2.75) is 29.1 Å². The monoisotopic (exact) mass is 472 g/mol. The Morgan fingerprint density at radius 2 is 1.66 bits per heavy atom. The summed E-state index contributed by atoms with van der Waals surface area (Å²) >= 11 is 3.06. The van der Waals surface area contributed by atoms with Crippen molar-refractivity contribution in [1.82, 2.24) is 10.2 Å². The smallest absolute Gasteiger partial charge is 0.339 e. The molecule has 8 heteroatoms. The van der Waals surface area contributed by atoms with E-state index >= 15 is 0 Å². The van der Waals surface area contributed by atoms with Crippen molar-refractivity contribution in [2.24, 2.45) is 0 Å². The number of nitrogens with one attached hydrogen (secondary N) is 1. The number of carbonyl (C=O) groups excluding carboxylic acids is 3. The molecule has 1 N–H and O–H groups in total. The van der Waals surface area contributed by atoms with Crippen LogP contribution >= 0.6 is 23.5 Å². The first-order valence-electron chi connectivity index (χ1n) is 10.7. The fraction of sp³-hybridized carbons (Fsp3) is 0.375. The standard InChI is InChI=1S/C24H28N2O4S2/c27-22(25-13-8-16-31-19-9-2-1-3-10-19)17-30-24(29)20-11-4-5-12-21(20)32-18-23(28)26-14-6-7-15-26/h1-5,9-12H,6-8,13-18H2,(H,25,27). The van der Waals surface area contributed by atoms with Crippen LogP contribution in [0.2, 0.25) is 0 Å². The van der Waals surface area contributed by atoms with E-state index in [0.717, 1.165) is 38.1 Å². The van der Waals surface area contributed by atoms with E-state index in [1.165, 1.54) is 16.7 Å². The van der Waals surface area contributed by atoms with E-state index in [-0.39, 0.29) is 24.2 Å². The molecule has 170 valence electrons. The lowest BCUT2D eigenvalue weighted by Crippen LogP contribution is -2.30. The van der Waals surface area contributed by atoms with Crippen molar-refractivity contribution in [3.8, 4) is 0 Å². The minimum absolute atomic E-state index is 0.0838. The summed E-state index contributed by atoms with van der Waals surface area (Å²) in [5, 5.41) is 2.78. The number of thioether (sulfide) groups is 2. The number of amides is 2. The first kappa shape index (κ1) is 24.2. The van der Waals surface area contributed by atoms with Crippen LogP contribution in [0.4, 0.5) is 0 Å². The summed E-state index contributed by atoms with van der Waals surface area (Å²) in [6.45, 7) is 1.82. The molecule has 3 rings (SSSR count). The quantitative estimate of drug-likeness (QED) is 0.304. The van der Waals surface area contributed by atoms with Gasteiger partial charge in [0.2, 0.25) is 5.91 Å². The van der Waals surface area contributed by atoms with E-state index in [0.29, 0.717) is 17.0 Å². The number of benzene rings is 2. The second-order valence-corrected chi connectivity index (χ2v) is 9.50. The largest absolute Gasteiger partial charge is 0.452 e. The van der Waals surface area contributed by atoms with Crippen molar-refractivity contribution >= 4 is 41.3 Å². The molecular weight excluding hydrogens is 444 g/mol. The van der Waals surface area contributed by atoms with Gasteiger partial charge in [-0.1, -0.05) is 30.3 Å². The Kier molecular flexibility index (Phi) is 9.97. The highest BCUT2D eigenvalue weighted by molar-refractivity contribution is 8.00. The van der Waals surface area contributed by atoms with Gasteiger partial charge in [0.1, 0.15) is 0 Å². The maximum Gasteiger partial charge on any atom is 0.339 e. The Morgan fingerprint density at radius 1 is 0.938 bits per heavy atom. The van der Waals surface area contributed by atoms with Gasteiger partial charge in [-0.05, 0) is 49.3 Å². The van der Waals surface area contributed by atoms with Gasteiger partial charge in [-0.2, -0.15) is 0 Å². The van der Waals surface area contributed by atoms with Crippen LogP contribution < -0.4 is 5.32 Å². The molecule has 0 saturated carbocycles. The van der Waals surface area contributed by atoms with E-state index in [2.05, 4.69) is 17.4 Å². The van der Waals surface area contributed by atoms with E-state index in [4.69, 9.17) is 4.74 Å². The minimum Gasteiger partial charge on any atom is -0.452 e. The molecule has 32 heavy (non-hydrogen) atoms. The average Bonchev–Trinajstić information content (AvgIpc) is 3.37. The molecule has 1 aliphatic heterocycles. The molecule has 6 nitrogen and oxygen atoms in total. The maximum absolute atomic E-state index is 12.5. The summed E-state index contributed by atoms with van der Waals surface area (Å²) < 4.78 is 5.20. The molecule has 0 aliphatic carbocycles. The molecule has 2 amide bonds. The van der Waals surface area contributed by atoms with E-state index in [1.54, 1.807) is 30.0 Å². The number of rotatable bonds is 11. The zero-order valence-corrected chi connectivity index (χ0v) is 19.6. The Bertz CT molecular complexity index is 902.